The maximum absolute atomic E-state index is 13.0. The molecule has 3 rings (SSSR count). The van der Waals surface area contributed by atoms with E-state index in [4.69, 9.17) is 15.7 Å². The summed E-state index contributed by atoms with van der Waals surface area (Å²) in [4.78, 5) is 13.2. The highest BCUT2D eigenvalue weighted by molar-refractivity contribution is 6.29. The molecule has 10 nitrogen and oxygen atoms in total. The van der Waals surface area contributed by atoms with Crippen LogP contribution in [0.5, 0.6) is 5.75 Å². The number of anilines is 2. The number of ether oxygens (including phenoxy) is 1. The summed E-state index contributed by atoms with van der Waals surface area (Å²) in [6.07, 6.45) is -5.06. The van der Waals surface area contributed by atoms with Crippen LogP contribution < -0.4 is 15.4 Å². The zero-order valence-electron chi connectivity index (χ0n) is 17.3. The van der Waals surface area contributed by atoms with Crippen LogP contribution in [0.4, 0.5) is 24.5 Å². The molecule has 1 aromatic carbocycles. The van der Waals surface area contributed by atoms with Crippen molar-refractivity contribution in [1.82, 2.24) is 35.7 Å². The Bertz CT molecular complexity index is 1160. The number of halogens is 4. The van der Waals surface area contributed by atoms with Gasteiger partial charge in [-0.25, -0.2) is 0 Å². The number of hydrogen-bond acceptors (Lipinski definition) is 8. The van der Waals surface area contributed by atoms with E-state index in [1.54, 1.807) is 12.2 Å². The third-order valence-electron chi connectivity index (χ3n) is 3.30. The maximum atomic E-state index is 13.0. The number of aryl methyl sites for hydroxylation is 1. The van der Waals surface area contributed by atoms with Crippen LogP contribution in [0.1, 0.15) is 20.4 Å². The number of carbonyl (C=O) groups excluding carboxylic acids is 1. The molecule has 0 fully saturated rings. The number of rotatable bonds is 5. The van der Waals surface area contributed by atoms with Gasteiger partial charge < -0.3 is 15.4 Å². The van der Waals surface area contributed by atoms with Crippen molar-refractivity contribution in [2.24, 2.45) is 0 Å². The summed E-state index contributed by atoms with van der Waals surface area (Å²) in [6, 6.07) is 4.60. The molecule has 1 amide bonds. The average Bonchev–Trinajstić information content (AvgIpc) is 3.07. The second-order valence-electron chi connectivity index (χ2n) is 5.36. The molecule has 0 aliphatic heterocycles. The molecule has 152 valence electrons. The van der Waals surface area contributed by atoms with Gasteiger partial charge in [0, 0.05) is 23.2 Å². The van der Waals surface area contributed by atoms with Gasteiger partial charge in [-0.1, -0.05) is 11.6 Å². The van der Waals surface area contributed by atoms with Crippen molar-refractivity contribution >= 4 is 28.9 Å². The highest BCUT2D eigenvalue weighted by Crippen LogP contribution is 2.35. The largest absolute Gasteiger partial charge is 0.573 e. The zero-order valence-corrected chi connectivity index (χ0v) is 15.1. The Hall–Kier alpha value is -3.48. The van der Waals surface area contributed by atoms with E-state index >= 15 is 0 Å². The van der Waals surface area contributed by atoms with Gasteiger partial charge in [-0.3, -0.25) is 4.79 Å². The van der Waals surface area contributed by atoms with Gasteiger partial charge in [0.2, 0.25) is 0 Å². The Morgan fingerprint density at radius 3 is 2.69 bits per heavy atom. The van der Waals surface area contributed by atoms with Crippen LogP contribution in [0.2, 0.25) is 5.15 Å². The summed E-state index contributed by atoms with van der Waals surface area (Å²) in [5.74, 6) is -1.58. The fraction of sp³-hybridized carbons (Fsp3) is 0.200. The number of tetrazole rings is 1. The van der Waals surface area contributed by atoms with Gasteiger partial charge in [0.25, 0.3) is 5.91 Å². The van der Waals surface area contributed by atoms with E-state index in [0.717, 1.165) is 16.9 Å². The Morgan fingerprint density at radius 1 is 1.24 bits per heavy atom. The lowest BCUT2D eigenvalue weighted by Gasteiger charge is -2.16. The molecule has 0 atom stereocenters. The van der Waals surface area contributed by atoms with Crippen LogP contribution in [0.25, 0.3) is 5.69 Å². The zero-order chi connectivity index (χ0) is 23.7. The minimum Gasteiger partial charge on any atom is -0.403 e. The molecule has 29 heavy (non-hydrogen) atoms. The number of aromatic nitrogens is 6. The van der Waals surface area contributed by atoms with Crippen molar-refractivity contribution in [3.63, 3.8) is 0 Å². The van der Waals surface area contributed by atoms with Crippen molar-refractivity contribution < 1.29 is 26.8 Å². The van der Waals surface area contributed by atoms with Crippen molar-refractivity contribution in [3.8, 4) is 11.4 Å². The van der Waals surface area contributed by atoms with Crippen LogP contribution in [0, 0.1) is 6.92 Å². The van der Waals surface area contributed by atoms with E-state index in [9.17, 15) is 18.0 Å². The first-order valence-electron chi connectivity index (χ1n) is 9.10. The highest BCUT2D eigenvalue weighted by atomic mass is 35.5. The first-order valence-corrected chi connectivity index (χ1v) is 7.98. The number of nitrogens with zero attached hydrogens (tertiary/aromatic N) is 6. The van der Waals surface area contributed by atoms with Crippen molar-refractivity contribution in [2.45, 2.75) is 13.3 Å². The topological polar surface area (TPSA) is 120 Å². The number of carbonyl (C=O) groups is 1. The molecule has 0 saturated carbocycles. The molecular weight excluding hydrogens is 417 g/mol. The molecule has 2 aromatic heterocycles. The fourth-order valence-corrected chi connectivity index (χ4v) is 2.32. The second-order valence-corrected chi connectivity index (χ2v) is 5.75. The molecule has 0 spiro atoms. The lowest BCUT2D eigenvalue weighted by molar-refractivity contribution is -0.274. The molecule has 2 heterocycles. The first-order chi connectivity index (χ1) is 14.8. The smallest absolute Gasteiger partial charge is 0.403 e. The molecule has 0 saturated heterocycles. The van der Waals surface area contributed by atoms with Crippen LogP contribution in [0.15, 0.2) is 24.3 Å². The van der Waals surface area contributed by atoms with Crippen molar-refractivity contribution in [2.75, 3.05) is 12.3 Å². The summed E-state index contributed by atoms with van der Waals surface area (Å²) in [7, 11) is 0. The molecule has 14 heteroatoms. The van der Waals surface area contributed by atoms with Crippen LogP contribution in [-0.4, -0.2) is 49.6 Å². The molecule has 2 N–H and O–H groups in total. The van der Waals surface area contributed by atoms with Gasteiger partial charge in [0.1, 0.15) is 0 Å². The highest BCUT2D eigenvalue weighted by Gasteiger charge is 2.32. The SMILES string of the molecule is [2H]C([2H])([2H])NC(=O)c1nnc(Cl)cc1Nc1ccc(-n2nnc(C)n2)cc1OC(F)(F)F. The molecule has 0 bridgehead atoms. The van der Waals surface area contributed by atoms with Gasteiger partial charge >= 0.3 is 6.36 Å². The quantitative estimate of drug-likeness (QED) is 0.632. The van der Waals surface area contributed by atoms with Crippen LogP contribution in [-0.2, 0) is 0 Å². The van der Waals surface area contributed by atoms with Crippen molar-refractivity contribution in [1.29, 1.82) is 0 Å². The van der Waals surface area contributed by atoms with Gasteiger partial charge in [-0.05, 0) is 24.3 Å². The summed E-state index contributed by atoms with van der Waals surface area (Å²) < 4.78 is 64.4. The van der Waals surface area contributed by atoms with E-state index in [1.165, 1.54) is 12.1 Å². The standard InChI is InChI=1S/C15H12ClF3N8O2/c1-7-22-26-27(25-7)8-3-4-9(11(5-8)29-15(17,18)19)21-10-6-12(16)23-24-13(10)14(28)20-2/h3-6H,1-2H3,(H,20,28)(H,21,23)/i2D3. The average molecular weight is 432 g/mol. The summed E-state index contributed by atoms with van der Waals surface area (Å²) >= 11 is 5.78. The lowest BCUT2D eigenvalue weighted by Crippen LogP contribution is -2.22. The van der Waals surface area contributed by atoms with E-state index in [1.807, 2.05) is 0 Å². The lowest BCUT2D eigenvalue weighted by atomic mass is 10.2. The number of alkyl halides is 3. The number of nitrogens with one attached hydrogen (secondary N) is 2. The summed E-state index contributed by atoms with van der Waals surface area (Å²) in [5.41, 5.74) is -0.904. The second kappa shape index (κ2) is 7.87. The van der Waals surface area contributed by atoms with Gasteiger partial charge in [0.05, 0.1) is 17.1 Å². The molecule has 0 aliphatic rings. The third-order valence-corrected chi connectivity index (χ3v) is 3.48. The minimum atomic E-state index is -5.06. The predicted molar refractivity (Wildman–Crippen MR) is 94.3 cm³/mol. The van der Waals surface area contributed by atoms with Gasteiger partial charge in [-0.2, -0.15) is 0 Å². The van der Waals surface area contributed by atoms with E-state index in [-0.39, 0.29) is 28.0 Å². The first kappa shape index (κ1) is 16.5. The monoisotopic (exact) mass is 431 g/mol. The van der Waals surface area contributed by atoms with Gasteiger partial charge in [-0.15, -0.1) is 38.4 Å². The van der Waals surface area contributed by atoms with Gasteiger partial charge in [0.15, 0.2) is 22.4 Å². The van der Waals surface area contributed by atoms with Crippen LogP contribution >= 0.6 is 11.6 Å². The number of hydrogen-bond donors (Lipinski definition) is 2. The molecule has 0 aliphatic carbocycles. The van der Waals surface area contributed by atoms with E-state index < -0.39 is 30.7 Å². The third kappa shape index (κ3) is 4.87. The fourth-order valence-electron chi connectivity index (χ4n) is 2.18. The molecule has 0 unspecified atom stereocenters. The molecule has 3 aromatic rings. The van der Waals surface area contributed by atoms with E-state index in [2.05, 4.69) is 35.7 Å². The van der Waals surface area contributed by atoms with E-state index in [0.29, 0.717) is 0 Å². The Kier molecular flexibility index (Phi) is 4.47. The maximum Gasteiger partial charge on any atom is 0.573 e. The molecule has 0 radical (unpaired) electrons. The Labute approximate surface area is 170 Å². The number of amides is 1. The Balaban J connectivity index is 2.02. The van der Waals surface area contributed by atoms with Crippen LogP contribution in [0.3, 0.4) is 0 Å². The summed E-state index contributed by atoms with van der Waals surface area (Å²) in [5, 5.41) is 22.3. The molecular formula is C15H12ClF3N8O2. The Morgan fingerprint density at radius 2 is 2.03 bits per heavy atom. The van der Waals surface area contributed by atoms with Crippen molar-refractivity contribution in [3.05, 3.63) is 40.9 Å². The normalized spacial score (nSPS) is 13.2. The summed E-state index contributed by atoms with van der Waals surface area (Å²) in [6.45, 7) is -1.30. The number of benzene rings is 1. The minimum absolute atomic E-state index is 0.0988. The predicted octanol–water partition coefficient (Wildman–Crippen LogP) is 2.42.